The van der Waals surface area contributed by atoms with Gasteiger partial charge in [0.25, 0.3) is 0 Å². The van der Waals surface area contributed by atoms with Crippen LogP contribution >= 0.6 is 23.1 Å². The molecule has 0 aliphatic heterocycles. The predicted octanol–water partition coefficient (Wildman–Crippen LogP) is 4.47. The van der Waals surface area contributed by atoms with E-state index in [1.165, 1.54) is 23.9 Å². The maximum atomic E-state index is 12.8. The molecule has 112 valence electrons. The summed E-state index contributed by atoms with van der Waals surface area (Å²) in [5, 5.41) is 3.87. The largest absolute Gasteiger partial charge is 0.325 e. The van der Waals surface area contributed by atoms with Crippen LogP contribution in [0.4, 0.5) is 10.1 Å². The van der Waals surface area contributed by atoms with Gasteiger partial charge in [-0.1, -0.05) is 0 Å². The topological polar surface area (TPSA) is 42.0 Å². The third-order valence-corrected chi connectivity index (χ3v) is 4.91. The lowest BCUT2D eigenvalue weighted by Gasteiger charge is -2.05. The number of thioether (sulfide) groups is 1. The van der Waals surface area contributed by atoms with Gasteiger partial charge in [-0.05, 0) is 49.4 Å². The molecule has 1 N–H and O–H groups in total. The van der Waals surface area contributed by atoms with Crippen LogP contribution in [0.3, 0.4) is 0 Å². The van der Waals surface area contributed by atoms with Gasteiger partial charge in [-0.25, -0.2) is 9.37 Å². The lowest BCUT2D eigenvalue weighted by atomic mass is 10.3. The minimum atomic E-state index is -0.276. The average molecular weight is 332 g/mol. The molecule has 3 rings (SSSR count). The smallest absolute Gasteiger partial charge is 0.234 e. The quantitative estimate of drug-likeness (QED) is 0.717. The van der Waals surface area contributed by atoms with E-state index in [1.54, 1.807) is 23.5 Å². The fraction of sp³-hybridized carbons (Fsp3) is 0.125. The number of hydrogen-bond donors (Lipinski definition) is 1. The van der Waals surface area contributed by atoms with Crippen molar-refractivity contribution in [3.05, 3.63) is 53.3 Å². The lowest BCUT2D eigenvalue weighted by molar-refractivity contribution is -0.113. The van der Waals surface area contributed by atoms with Crippen molar-refractivity contribution in [2.24, 2.45) is 0 Å². The number of carbonyl (C=O) groups is 1. The number of nitrogens with one attached hydrogen (secondary N) is 1. The fourth-order valence-corrected chi connectivity index (χ4v) is 3.56. The molecule has 0 aliphatic rings. The van der Waals surface area contributed by atoms with Crippen molar-refractivity contribution in [1.29, 1.82) is 0 Å². The highest BCUT2D eigenvalue weighted by molar-refractivity contribution is 8.00. The van der Waals surface area contributed by atoms with Crippen molar-refractivity contribution in [2.45, 2.75) is 11.8 Å². The Morgan fingerprint density at radius 3 is 2.82 bits per heavy atom. The number of rotatable bonds is 4. The van der Waals surface area contributed by atoms with E-state index in [1.807, 2.05) is 25.1 Å². The normalized spacial score (nSPS) is 10.8. The molecule has 1 heterocycles. The molecule has 0 fully saturated rings. The number of thiazole rings is 1. The standard InChI is InChI=1S/C16H13FN2OS2/c1-10-18-14-7-4-12(8-15(14)22-10)19-16(20)9-21-13-5-2-11(17)3-6-13/h2-8H,9H2,1H3,(H,19,20). The zero-order valence-corrected chi connectivity index (χ0v) is 13.4. The monoisotopic (exact) mass is 332 g/mol. The summed E-state index contributed by atoms with van der Waals surface area (Å²) in [5.41, 5.74) is 1.71. The zero-order chi connectivity index (χ0) is 15.5. The number of benzene rings is 2. The molecule has 22 heavy (non-hydrogen) atoms. The summed E-state index contributed by atoms with van der Waals surface area (Å²) >= 11 is 2.98. The van der Waals surface area contributed by atoms with Gasteiger partial charge in [0.2, 0.25) is 5.91 Å². The number of anilines is 1. The molecule has 1 amide bonds. The summed E-state index contributed by atoms with van der Waals surface area (Å²) in [7, 11) is 0. The van der Waals surface area contributed by atoms with Crippen LogP contribution < -0.4 is 5.32 Å². The molecule has 0 unspecified atom stereocenters. The third-order valence-electron chi connectivity index (χ3n) is 2.96. The van der Waals surface area contributed by atoms with Crippen LogP contribution in [-0.4, -0.2) is 16.6 Å². The molecular weight excluding hydrogens is 319 g/mol. The van der Waals surface area contributed by atoms with Crippen molar-refractivity contribution in [3.8, 4) is 0 Å². The summed E-state index contributed by atoms with van der Waals surface area (Å²) in [4.78, 5) is 17.2. The number of nitrogens with zero attached hydrogens (tertiary/aromatic N) is 1. The number of hydrogen-bond acceptors (Lipinski definition) is 4. The Hall–Kier alpha value is -1.92. The molecule has 1 aromatic heterocycles. The van der Waals surface area contributed by atoms with Crippen LogP contribution in [0.2, 0.25) is 0 Å². The summed E-state index contributed by atoms with van der Waals surface area (Å²) in [6.45, 7) is 1.96. The molecule has 0 spiro atoms. The molecule has 2 aromatic carbocycles. The Morgan fingerprint density at radius 2 is 2.05 bits per heavy atom. The van der Waals surface area contributed by atoms with E-state index in [9.17, 15) is 9.18 Å². The summed E-state index contributed by atoms with van der Waals surface area (Å²) in [5.74, 6) is -0.0809. The second-order valence-electron chi connectivity index (χ2n) is 4.71. The van der Waals surface area contributed by atoms with Gasteiger partial charge < -0.3 is 5.32 Å². The van der Waals surface area contributed by atoms with Crippen LogP contribution in [0.15, 0.2) is 47.4 Å². The minimum Gasteiger partial charge on any atom is -0.325 e. The number of halogens is 1. The summed E-state index contributed by atoms with van der Waals surface area (Å²) in [6.07, 6.45) is 0. The van der Waals surface area contributed by atoms with Crippen LogP contribution in [0.25, 0.3) is 10.2 Å². The minimum absolute atomic E-state index is 0.0880. The van der Waals surface area contributed by atoms with E-state index >= 15 is 0 Å². The van der Waals surface area contributed by atoms with Gasteiger partial charge in [0.15, 0.2) is 0 Å². The maximum Gasteiger partial charge on any atom is 0.234 e. The van der Waals surface area contributed by atoms with Crippen LogP contribution in [0.1, 0.15) is 5.01 Å². The van der Waals surface area contributed by atoms with E-state index in [-0.39, 0.29) is 17.5 Å². The van der Waals surface area contributed by atoms with Gasteiger partial charge in [-0.15, -0.1) is 23.1 Å². The molecule has 0 atom stereocenters. The van der Waals surface area contributed by atoms with Gasteiger partial charge in [0.05, 0.1) is 21.0 Å². The Bertz CT molecular complexity index is 815. The summed E-state index contributed by atoms with van der Waals surface area (Å²) in [6, 6.07) is 11.8. The van der Waals surface area contributed by atoms with E-state index in [0.29, 0.717) is 0 Å². The van der Waals surface area contributed by atoms with E-state index in [4.69, 9.17) is 0 Å². The van der Waals surface area contributed by atoms with E-state index < -0.39 is 0 Å². The molecular formula is C16H13FN2OS2. The molecule has 0 radical (unpaired) electrons. The van der Waals surface area contributed by atoms with Gasteiger partial charge in [-0.3, -0.25) is 4.79 Å². The molecule has 0 aliphatic carbocycles. The highest BCUT2D eigenvalue weighted by atomic mass is 32.2. The van der Waals surface area contributed by atoms with Crippen LogP contribution in [0.5, 0.6) is 0 Å². The average Bonchev–Trinajstić information content (AvgIpc) is 2.86. The van der Waals surface area contributed by atoms with Gasteiger partial charge in [0.1, 0.15) is 5.82 Å². The number of fused-ring (bicyclic) bond motifs is 1. The number of aryl methyl sites for hydroxylation is 1. The molecule has 0 saturated carbocycles. The Morgan fingerprint density at radius 1 is 1.27 bits per heavy atom. The number of carbonyl (C=O) groups excluding carboxylic acids is 1. The van der Waals surface area contributed by atoms with E-state index in [0.717, 1.165) is 25.8 Å². The second kappa shape index (κ2) is 6.46. The number of amides is 1. The molecule has 0 bridgehead atoms. The van der Waals surface area contributed by atoms with Gasteiger partial charge in [0, 0.05) is 10.6 Å². The first kappa shape index (κ1) is 15.0. The van der Waals surface area contributed by atoms with Gasteiger partial charge in [-0.2, -0.15) is 0 Å². The second-order valence-corrected chi connectivity index (χ2v) is 6.99. The highest BCUT2D eigenvalue weighted by Gasteiger charge is 2.06. The Balaban J connectivity index is 1.61. The lowest BCUT2D eigenvalue weighted by Crippen LogP contribution is -2.13. The first-order valence-electron chi connectivity index (χ1n) is 6.65. The van der Waals surface area contributed by atoms with Crippen molar-refractivity contribution in [3.63, 3.8) is 0 Å². The highest BCUT2D eigenvalue weighted by Crippen LogP contribution is 2.25. The SMILES string of the molecule is Cc1nc2ccc(NC(=O)CSc3ccc(F)cc3)cc2s1. The first-order chi connectivity index (χ1) is 10.6. The molecule has 0 saturated heterocycles. The Kier molecular flexibility index (Phi) is 4.40. The van der Waals surface area contributed by atoms with Gasteiger partial charge >= 0.3 is 0 Å². The molecule has 3 nitrogen and oxygen atoms in total. The Labute approximate surface area is 135 Å². The third kappa shape index (κ3) is 3.64. The zero-order valence-electron chi connectivity index (χ0n) is 11.8. The molecule has 6 heteroatoms. The summed E-state index contributed by atoms with van der Waals surface area (Å²) < 4.78 is 13.9. The van der Waals surface area contributed by atoms with Crippen molar-refractivity contribution >= 4 is 44.9 Å². The predicted molar refractivity (Wildman–Crippen MR) is 90.1 cm³/mol. The van der Waals surface area contributed by atoms with Crippen molar-refractivity contribution < 1.29 is 9.18 Å². The van der Waals surface area contributed by atoms with Crippen LogP contribution in [-0.2, 0) is 4.79 Å². The van der Waals surface area contributed by atoms with Crippen molar-refractivity contribution in [2.75, 3.05) is 11.1 Å². The maximum absolute atomic E-state index is 12.8. The van der Waals surface area contributed by atoms with E-state index in [2.05, 4.69) is 10.3 Å². The van der Waals surface area contributed by atoms with Crippen molar-refractivity contribution in [1.82, 2.24) is 4.98 Å². The number of aromatic nitrogens is 1. The first-order valence-corrected chi connectivity index (χ1v) is 8.46. The van der Waals surface area contributed by atoms with Crippen LogP contribution in [0, 0.1) is 12.7 Å². The molecule has 3 aromatic rings. The fourth-order valence-electron chi connectivity index (χ4n) is 1.99.